The predicted octanol–water partition coefficient (Wildman–Crippen LogP) is 0.868. The summed E-state index contributed by atoms with van der Waals surface area (Å²) >= 11 is 0. The van der Waals surface area contributed by atoms with E-state index in [4.69, 9.17) is 5.26 Å². The topological polar surface area (TPSA) is 23.8 Å². The van der Waals surface area contributed by atoms with Crippen LogP contribution in [0.25, 0.3) is 0 Å². The number of hydrogen-bond donors (Lipinski definition) is 0. The lowest BCUT2D eigenvalue weighted by Crippen LogP contribution is -1.68. The fourth-order valence-corrected chi connectivity index (χ4v) is 0.298. The molecule has 1 nitrogen and oxygen atoms in total. The molecule has 1 aliphatic carbocycles. The maximum absolute atomic E-state index is 11.6. The van der Waals surface area contributed by atoms with Gasteiger partial charge in [0.05, 0.1) is 12.0 Å². The molecule has 1 aliphatic rings. The van der Waals surface area contributed by atoms with Gasteiger partial charge in [-0.1, -0.05) is 0 Å². The van der Waals surface area contributed by atoms with Crippen LogP contribution in [0.3, 0.4) is 0 Å². The highest BCUT2D eigenvalue weighted by atomic mass is 19.1. The molecule has 0 aromatic rings. The number of alkyl halides is 1. The smallest absolute Gasteiger partial charge is 0.117 e. The van der Waals surface area contributed by atoms with E-state index in [1.54, 1.807) is 0 Å². The molecule has 0 saturated heterocycles. The Bertz CT molecular complexity index is 94.2. The van der Waals surface area contributed by atoms with E-state index in [1.165, 1.54) is 0 Å². The van der Waals surface area contributed by atoms with Crippen molar-refractivity contribution in [2.45, 2.75) is 12.6 Å². The van der Waals surface area contributed by atoms with Gasteiger partial charge in [0.1, 0.15) is 6.17 Å². The number of halogens is 1. The van der Waals surface area contributed by atoms with Crippen molar-refractivity contribution in [3.63, 3.8) is 0 Å². The van der Waals surface area contributed by atoms with Crippen LogP contribution in [0.1, 0.15) is 6.42 Å². The lowest BCUT2D eigenvalue weighted by atomic mass is 10.5. The molecule has 0 aliphatic heterocycles. The van der Waals surface area contributed by atoms with Crippen molar-refractivity contribution in [2.24, 2.45) is 5.92 Å². The maximum Gasteiger partial charge on any atom is 0.117 e. The number of rotatable bonds is 0. The first-order valence-electron chi connectivity index (χ1n) is 1.88. The van der Waals surface area contributed by atoms with Crippen LogP contribution in [0, 0.1) is 17.2 Å². The summed E-state index contributed by atoms with van der Waals surface area (Å²) in [7, 11) is 0. The second kappa shape index (κ2) is 0.939. The Balaban J connectivity index is 2.31. The molecule has 1 saturated carbocycles. The first-order valence-corrected chi connectivity index (χ1v) is 1.88. The molecule has 0 aromatic carbocycles. The van der Waals surface area contributed by atoms with Crippen molar-refractivity contribution in [3.05, 3.63) is 0 Å². The molecule has 1 fully saturated rings. The molecule has 0 radical (unpaired) electrons. The van der Waals surface area contributed by atoms with E-state index >= 15 is 0 Å². The zero-order valence-electron chi connectivity index (χ0n) is 3.19. The molecule has 0 aromatic heterocycles. The van der Waals surface area contributed by atoms with Gasteiger partial charge in [0.15, 0.2) is 0 Å². The fourth-order valence-electron chi connectivity index (χ4n) is 0.298. The molecule has 2 unspecified atom stereocenters. The van der Waals surface area contributed by atoms with Crippen molar-refractivity contribution in [1.29, 1.82) is 5.26 Å². The molecule has 1 rings (SSSR count). The molecule has 0 spiro atoms. The lowest BCUT2D eigenvalue weighted by Gasteiger charge is -1.61. The first kappa shape index (κ1) is 3.60. The largest absolute Gasteiger partial charge is 0.246 e. The van der Waals surface area contributed by atoms with Gasteiger partial charge in [-0.25, -0.2) is 4.39 Å². The van der Waals surface area contributed by atoms with Crippen LogP contribution in [-0.4, -0.2) is 6.17 Å². The summed E-state index contributed by atoms with van der Waals surface area (Å²) in [5.74, 6) is -0.259. The highest BCUT2D eigenvalue weighted by Gasteiger charge is 2.37. The van der Waals surface area contributed by atoms with E-state index < -0.39 is 6.17 Å². The zero-order chi connectivity index (χ0) is 4.57. The minimum Gasteiger partial charge on any atom is -0.246 e. The molecule has 2 heteroatoms. The normalized spacial score (nSPS) is 41.3. The summed E-state index contributed by atoms with van der Waals surface area (Å²) < 4.78 is 11.6. The third-order valence-electron chi connectivity index (χ3n) is 0.878. The second-order valence-corrected chi connectivity index (χ2v) is 1.49. The van der Waals surface area contributed by atoms with Crippen molar-refractivity contribution < 1.29 is 4.39 Å². The number of nitriles is 1. The quantitative estimate of drug-likeness (QED) is 0.428. The Kier molecular flexibility index (Phi) is 0.564. The van der Waals surface area contributed by atoms with Crippen LogP contribution in [0.15, 0.2) is 0 Å². The van der Waals surface area contributed by atoms with Gasteiger partial charge in [-0.2, -0.15) is 5.26 Å². The van der Waals surface area contributed by atoms with Crippen molar-refractivity contribution >= 4 is 0 Å². The Morgan fingerprint density at radius 3 is 2.33 bits per heavy atom. The summed E-state index contributed by atoms with van der Waals surface area (Å²) in [5, 5.41) is 7.89. The van der Waals surface area contributed by atoms with Crippen LogP contribution in [0.5, 0.6) is 0 Å². The monoisotopic (exact) mass is 85.0 g/mol. The van der Waals surface area contributed by atoms with Crippen LogP contribution in [0.4, 0.5) is 4.39 Å². The molecule has 0 amide bonds. The highest BCUT2D eigenvalue weighted by Crippen LogP contribution is 2.32. The van der Waals surface area contributed by atoms with E-state index in [0.717, 1.165) is 0 Å². The lowest BCUT2D eigenvalue weighted by molar-refractivity contribution is 0.465. The van der Waals surface area contributed by atoms with E-state index in [-0.39, 0.29) is 5.92 Å². The zero-order valence-corrected chi connectivity index (χ0v) is 3.19. The summed E-state index contributed by atoms with van der Waals surface area (Å²) in [4.78, 5) is 0. The van der Waals surface area contributed by atoms with E-state index in [2.05, 4.69) is 0 Å². The minimum absolute atomic E-state index is 0.259. The van der Waals surface area contributed by atoms with Crippen LogP contribution >= 0.6 is 0 Å². The van der Waals surface area contributed by atoms with E-state index in [1.807, 2.05) is 6.07 Å². The highest BCUT2D eigenvalue weighted by molar-refractivity contribution is 5.01. The molecule has 32 valence electrons. The number of hydrogen-bond acceptors (Lipinski definition) is 1. The van der Waals surface area contributed by atoms with Crippen LogP contribution < -0.4 is 0 Å². The summed E-state index contributed by atoms with van der Waals surface area (Å²) in [5.41, 5.74) is 0. The second-order valence-electron chi connectivity index (χ2n) is 1.49. The molecular formula is C4H4FN. The van der Waals surface area contributed by atoms with Crippen molar-refractivity contribution in [1.82, 2.24) is 0 Å². The maximum atomic E-state index is 11.6. The first-order chi connectivity index (χ1) is 2.84. The molecule has 0 bridgehead atoms. The van der Waals surface area contributed by atoms with Gasteiger partial charge in [0, 0.05) is 0 Å². The van der Waals surface area contributed by atoms with Gasteiger partial charge in [-0.05, 0) is 6.42 Å². The third kappa shape index (κ3) is 0.364. The van der Waals surface area contributed by atoms with Crippen molar-refractivity contribution in [2.75, 3.05) is 0 Å². The van der Waals surface area contributed by atoms with Crippen molar-refractivity contribution in [3.8, 4) is 6.07 Å². The molecular weight excluding hydrogens is 81.0 g/mol. The Hall–Kier alpha value is -0.580. The Morgan fingerprint density at radius 1 is 1.83 bits per heavy atom. The summed E-state index contributed by atoms with van der Waals surface area (Å²) in [6.45, 7) is 0. The van der Waals surface area contributed by atoms with Gasteiger partial charge < -0.3 is 0 Å². The third-order valence-corrected chi connectivity index (χ3v) is 0.878. The average Bonchev–Trinajstić information content (AvgIpc) is 2.19. The number of nitrogens with zero attached hydrogens (tertiary/aromatic N) is 1. The average molecular weight is 85.1 g/mol. The van der Waals surface area contributed by atoms with E-state index in [9.17, 15) is 4.39 Å². The molecule has 0 N–H and O–H groups in total. The molecule has 0 heterocycles. The SMILES string of the molecule is N#CC1CC1F. The van der Waals surface area contributed by atoms with Gasteiger partial charge in [-0.15, -0.1) is 0 Å². The Morgan fingerprint density at radius 2 is 2.33 bits per heavy atom. The van der Waals surface area contributed by atoms with Crippen LogP contribution in [-0.2, 0) is 0 Å². The van der Waals surface area contributed by atoms with E-state index in [0.29, 0.717) is 6.42 Å². The van der Waals surface area contributed by atoms with Gasteiger partial charge in [0.25, 0.3) is 0 Å². The van der Waals surface area contributed by atoms with Gasteiger partial charge in [-0.3, -0.25) is 0 Å². The minimum atomic E-state index is -0.796. The fraction of sp³-hybridized carbons (Fsp3) is 0.750. The predicted molar refractivity (Wildman–Crippen MR) is 18.6 cm³/mol. The summed E-state index contributed by atoms with van der Waals surface area (Å²) in [6.07, 6.45) is -0.328. The standard InChI is InChI=1S/C4H4FN/c5-4-1-3(4)2-6/h3-4H,1H2. The van der Waals surface area contributed by atoms with Gasteiger partial charge >= 0.3 is 0 Å². The van der Waals surface area contributed by atoms with Gasteiger partial charge in [0.2, 0.25) is 0 Å². The summed E-state index contributed by atoms with van der Waals surface area (Å²) in [6, 6.07) is 1.81. The molecule has 6 heavy (non-hydrogen) atoms. The molecule has 2 atom stereocenters. The Labute approximate surface area is 35.4 Å². The van der Waals surface area contributed by atoms with Crippen LogP contribution in [0.2, 0.25) is 0 Å².